The molecule has 1 aromatic heterocycles. The normalized spacial score (nSPS) is 32.8. The minimum absolute atomic E-state index is 0.304. The monoisotopic (exact) mass is 249 g/mol. The third kappa shape index (κ3) is 2.44. The fourth-order valence-electron chi connectivity index (χ4n) is 3.28. The molecule has 4 nitrogen and oxygen atoms in total. The standard InChI is InChI=1S/C14H23N3O/c1-2-10-5-7-11(8-6-10)13-16-14(18-17-13)12-4-3-9-15-12/h10-12,15H,2-9H2,1H3/t10?,11?,12-/m1/s1. The van der Waals surface area contributed by atoms with Gasteiger partial charge in [-0.1, -0.05) is 18.5 Å². The van der Waals surface area contributed by atoms with Crippen LogP contribution in [0.3, 0.4) is 0 Å². The number of nitrogens with zero attached hydrogens (tertiary/aromatic N) is 2. The first-order valence-electron chi connectivity index (χ1n) is 7.43. The molecule has 1 aliphatic carbocycles. The Morgan fingerprint density at radius 2 is 2.06 bits per heavy atom. The van der Waals surface area contributed by atoms with Gasteiger partial charge in [-0.2, -0.15) is 4.98 Å². The highest BCUT2D eigenvalue weighted by Crippen LogP contribution is 2.36. The average molecular weight is 249 g/mol. The molecule has 0 bridgehead atoms. The largest absolute Gasteiger partial charge is 0.338 e. The van der Waals surface area contributed by atoms with Crippen molar-refractivity contribution in [1.82, 2.24) is 15.5 Å². The number of nitrogens with one attached hydrogen (secondary N) is 1. The molecule has 0 aromatic carbocycles. The van der Waals surface area contributed by atoms with Crippen molar-refractivity contribution in [3.05, 3.63) is 11.7 Å². The van der Waals surface area contributed by atoms with E-state index in [4.69, 9.17) is 4.52 Å². The van der Waals surface area contributed by atoms with Crippen molar-refractivity contribution in [2.24, 2.45) is 5.92 Å². The van der Waals surface area contributed by atoms with E-state index in [0.717, 1.165) is 30.6 Å². The third-order valence-corrected chi connectivity index (χ3v) is 4.61. The van der Waals surface area contributed by atoms with Crippen LogP contribution in [0, 0.1) is 5.92 Å². The molecular weight excluding hydrogens is 226 g/mol. The molecule has 2 fully saturated rings. The summed E-state index contributed by atoms with van der Waals surface area (Å²) in [6, 6.07) is 0.304. The van der Waals surface area contributed by atoms with Crippen molar-refractivity contribution in [2.45, 2.75) is 63.8 Å². The lowest BCUT2D eigenvalue weighted by atomic mass is 9.80. The van der Waals surface area contributed by atoms with Crippen LogP contribution < -0.4 is 5.32 Å². The molecule has 0 unspecified atom stereocenters. The first-order chi connectivity index (χ1) is 8.86. The molecule has 2 aliphatic rings. The average Bonchev–Trinajstić information content (AvgIpc) is 3.09. The smallest absolute Gasteiger partial charge is 0.243 e. The van der Waals surface area contributed by atoms with Crippen molar-refractivity contribution >= 4 is 0 Å². The Kier molecular flexibility index (Phi) is 3.64. The van der Waals surface area contributed by atoms with E-state index in [1.807, 2.05) is 0 Å². The molecule has 18 heavy (non-hydrogen) atoms. The van der Waals surface area contributed by atoms with Crippen LogP contribution in [-0.2, 0) is 0 Å². The van der Waals surface area contributed by atoms with Crippen LogP contribution >= 0.6 is 0 Å². The summed E-state index contributed by atoms with van der Waals surface area (Å²) in [5.74, 6) is 3.21. The summed E-state index contributed by atoms with van der Waals surface area (Å²) in [6.07, 6.45) is 8.77. The number of hydrogen-bond acceptors (Lipinski definition) is 4. The Balaban J connectivity index is 1.62. The van der Waals surface area contributed by atoms with Gasteiger partial charge in [0.05, 0.1) is 6.04 Å². The second-order valence-electron chi connectivity index (χ2n) is 5.77. The number of aromatic nitrogens is 2. The van der Waals surface area contributed by atoms with Gasteiger partial charge in [-0.05, 0) is 51.0 Å². The molecule has 1 saturated heterocycles. The molecule has 1 aromatic rings. The van der Waals surface area contributed by atoms with Gasteiger partial charge in [0.15, 0.2) is 5.82 Å². The lowest BCUT2D eigenvalue weighted by Crippen LogP contribution is -2.15. The van der Waals surface area contributed by atoms with Crippen LogP contribution in [0.5, 0.6) is 0 Å². The predicted octanol–water partition coefficient (Wildman–Crippen LogP) is 3.18. The predicted molar refractivity (Wildman–Crippen MR) is 69.3 cm³/mol. The number of rotatable bonds is 3. The molecule has 100 valence electrons. The summed E-state index contributed by atoms with van der Waals surface area (Å²) in [4.78, 5) is 4.63. The van der Waals surface area contributed by atoms with Crippen LogP contribution in [0.2, 0.25) is 0 Å². The van der Waals surface area contributed by atoms with E-state index in [-0.39, 0.29) is 0 Å². The van der Waals surface area contributed by atoms with Gasteiger partial charge in [0.25, 0.3) is 0 Å². The van der Waals surface area contributed by atoms with Crippen molar-refractivity contribution in [3.63, 3.8) is 0 Å². The van der Waals surface area contributed by atoms with Gasteiger partial charge in [-0.15, -0.1) is 0 Å². The Morgan fingerprint density at radius 3 is 2.72 bits per heavy atom. The van der Waals surface area contributed by atoms with E-state index in [1.54, 1.807) is 0 Å². The number of hydrogen-bond donors (Lipinski definition) is 1. The van der Waals surface area contributed by atoms with Gasteiger partial charge in [-0.3, -0.25) is 0 Å². The van der Waals surface area contributed by atoms with Gasteiger partial charge in [-0.25, -0.2) is 0 Å². The van der Waals surface area contributed by atoms with Crippen LogP contribution in [0.1, 0.15) is 75.5 Å². The van der Waals surface area contributed by atoms with Crippen molar-refractivity contribution in [3.8, 4) is 0 Å². The molecule has 1 aliphatic heterocycles. The zero-order chi connectivity index (χ0) is 12.4. The van der Waals surface area contributed by atoms with Gasteiger partial charge in [0.1, 0.15) is 0 Å². The Bertz CT molecular complexity index is 376. The summed E-state index contributed by atoms with van der Waals surface area (Å²) in [5.41, 5.74) is 0. The Hall–Kier alpha value is -0.900. The van der Waals surface area contributed by atoms with Crippen LogP contribution in [0.25, 0.3) is 0 Å². The van der Waals surface area contributed by atoms with Crippen LogP contribution in [0.15, 0.2) is 4.52 Å². The maximum absolute atomic E-state index is 5.43. The SMILES string of the molecule is CCC1CCC(c2noc([C@H]3CCCN3)n2)CC1. The molecule has 3 rings (SSSR count). The summed E-state index contributed by atoms with van der Waals surface area (Å²) >= 11 is 0. The minimum atomic E-state index is 0.304. The maximum Gasteiger partial charge on any atom is 0.243 e. The molecule has 2 heterocycles. The molecule has 0 amide bonds. The first-order valence-corrected chi connectivity index (χ1v) is 7.43. The molecule has 1 saturated carbocycles. The molecule has 1 atom stereocenters. The molecule has 0 spiro atoms. The zero-order valence-electron chi connectivity index (χ0n) is 11.2. The molecule has 1 N–H and O–H groups in total. The molecular formula is C14H23N3O. The van der Waals surface area contributed by atoms with Crippen molar-refractivity contribution in [2.75, 3.05) is 6.54 Å². The molecule has 0 radical (unpaired) electrons. The summed E-state index contributed by atoms with van der Waals surface area (Å²) in [7, 11) is 0. The zero-order valence-corrected chi connectivity index (χ0v) is 11.2. The quantitative estimate of drug-likeness (QED) is 0.894. The topological polar surface area (TPSA) is 51.0 Å². The van der Waals surface area contributed by atoms with Crippen molar-refractivity contribution < 1.29 is 4.52 Å². The van der Waals surface area contributed by atoms with Crippen LogP contribution in [0.4, 0.5) is 0 Å². The summed E-state index contributed by atoms with van der Waals surface area (Å²) in [5, 5.41) is 7.62. The van der Waals surface area contributed by atoms with E-state index in [0.29, 0.717) is 12.0 Å². The first kappa shape index (κ1) is 12.2. The van der Waals surface area contributed by atoms with Gasteiger partial charge in [0, 0.05) is 5.92 Å². The van der Waals surface area contributed by atoms with Gasteiger partial charge < -0.3 is 9.84 Å². The van der Waals surface area contributed by atoms with Crippen LogP contribution in [-0.4, -0.2) is 16.7 Å². The summed E-state index contributed by atoms with van der Waals surface area (Å²) < 4.78 is 5.43. The van der Waals surface area contributed by atoms with E-state index in [2.05, 4.69) is 22.4 Å². The second kappa shape index (κ2) is 5.39. The highest BCUT2D eigenvalue weighted by Gasteiger charge is 2.27. The lowest BCUT2D eigenvalue weighted by Gasteiger charge is -2.25. The van der Waals surface area contributed by atoms with Gasteiger partial charge >= 0.3 is 0 Å². The van der Waals surface area contributed by atoms with Gasteiger partial charge in [0.2, 0.25) is 5.89 Å². The highest BCUT2D eigenvalue weighted by atomic mass is 16.5. The Morgan fingerprint density at radius 1 is 1.22 bits per heavy atom. The highest BCUT2D eigenvalue weighted by molar-refractivity contribution is 5.01. The van der Waals surface area contributed by atoms with E-state index in [1.165, 1.54) is 38.5 Å². The minimum Gasteiger partial charge on any atom is -0.338 e. The Labute approximate surface area is 109 Å². The molecule has 4 heteroatoms. The van der Waals surface area contributed by atoms with Crippen molar-refractivity contribution in [1.29, 1.82) is 0 Å². The maximum atomic E-state index is 5.43. The van der Waals surface area contributed by atoms with E-state index in [9.17, 15) is 0 Å². The lowest BCUT2D eigenvalue weighted by molar-refractivity contribution is 0.300. The fourth-order valence-corrected chi connectivity index (χ4v) is 3.28. The fraction of sp³-hybridized carbons (Fsp3) is 0.857. The second-order valence-corrected chi connectivity index (χ2v) is 5.77. The third-order valence-electron chi connectivity index (χ3n) is 4.61. The van der Waals surface area contributed by atoms with E-state index < -0.39 is 0 Å². The summed E-state index contributed by atoms with van der Waals surface area (Å²) in [6.45, 7) is 3.37. The van der Waals surface area contributed by atoms with E-state index >= 15 is 0 Å².